The molecule has 0 bridgehead atoms. The summed E-state index contributed by atoms with van der Waals surface area (Å²) in [6.07, 6.45) is 14.4. The Kier molecular flexibility index (Phi) is 16.4. The minimum Gasteiger partial charge on any atom is -0.380 e. The summed E-state index contributed by atoms with van der Waals surface area (Å²) in [6.45, 7) is 4.34. The van der Waals surface area contributed by atoms with E-state index in [1.165, 1.54) is 38.5 Å². The number of hydrogen-bond donors (Lipinski definition) is 1. The third-order valence-electron chi connectivity index (χ3n) is 3.48. The summed E-state index contributed by atoms with van der Waals surface area (Å²) in [4.78, 5) is 0. The number of hydrogen-bond acceptors (Lipinski definition) is 1. The molecule has 0 rings (SSSR count). The lowest BCUT2D eigenvalue weighted by Crippen LogP contribution is -2.01. The van der Waals surface area contributed by atoms with Gasteiger partial charge in [0.2, 0.25) is 0 Å². The highest BCUT2D eigenvalue weighted by Gasteiger charge is 1.96. The van der Waals surface area contributed by atoms with E-state index in [4.69, 9.17) is 0 Å². The van der Waals surface area contributed by atoms with Gasteiger partial charge in [0.05, 0.1) is 0 Å². The van der Waals surface area contributed by atoms with E-state index in [1.54, 1.807) is 0 Å². The Bertz CT molecular complexity index is 323. The molecular weight excluding hydrogens is 256 g/mol. The van der Waals surface area contributed by atoms with Crippen LogP contribution in [-0.2, 0) is 0 Å². The van der Waals surface area contributed by atoms with E-state index in [9.17, 15) is 5.11 Å². The van der Waals surface area contributed by atoms with Gasteiger partial charge in [-0.05, 0) is 25.7 Å². The van der Waals surface area contributed by atoms with Gasteiger partial charge in [-0.25, -0.2) is 0 Å². The van der Waals surface area contributed by atoms with Crippen molar-refractivity contribution in [2.45, 2.75) is 103 Å². The van der Waals surface area contributed by atoms with Crippen molar-refractivity contribution in [1.82, 2.24) is 0 Å². The Labute approximate surface area is 132 Å². The average molecular weight is 290 g/mol. The van der Waals surface area contributed by atoms with Crippen molar-refractivity contribution in [3.8, 4) is 23.7 Å². The first-order chi connectivity index (χ1) is 10.3. The molecular formula is C20H34O. The van der Waals surface area contributed by atoms with Crippen molar-refractivity contribution in [2.75, 3.05) is 0 Å². The topological polar surface area (TPSA) is 20.2 Å². The summed E-state index contributed by atoms with van der Waals surface area (Å²) in [5.41, 5.74) is 0. The molecule has 21 heavy (non-hydrogen) atoms. The van der Waals surface area contributed by atoms with Crippen LogP contribution in [0.2, 0.25) is 0 Å². The molecule has 0 saturated heterocycles. The summed E-state index contributed by atoms with van der Waals surface area (Å²) in [5.74, 6) is 12.5. The first-order valence-electron chi connectivity index (χ1n) is 8.93. The molecule has 1 unspecified atom stereocenters. The van der Waals surface area contributed by atoms with Crippen LogP contribution in [0.25, 0.3) is 0 Å². The van der Waals surface area contributed by atoms with Crippen molar-refractivity contribution < 1.29 is 5.11 Å². The Morgan fingerprint density at radius 1 is 0.667 bits per heavy atom. The summed E-state index contributed by atoms with van der Waals surface area (Å²) in [5, 5.41) is 9.57. The van der Waals surface area contributed by atoms with Crippen LogP contribution in [-0.4, -0.2) is 11.2 Å². The lowest BCUT2D eigenvalue weighted by Gasteiger charge is -2.00. The standard InChI is InChI=1S/C20H34O/c1-3-5-7-8-9-10-11-12-13-14-15-16-17-19-20(21)18-6-4-2/h20-21H,3-7,10-16,18H2,1-2H3. The van der Waals surface area contributed by atoms with Crippen molar-refractivity contribution in [3.05, 3.63) is 0 Å². The summed E-state index contributed by atoms with van der Waals surface area (Å²) in [6, 6.07) is 0. The molecule has 0 spiro atoms. The van der Waals surface area contributed by atoms with E-state index in [1.807, 2.05) is 0 Å². The molecule has 0 aromatic rings. The van der Waals surface area contributed by atoms with Crippen LogP contribution in [0.4, 0.5) is 0 Å². The van der Waals surface area contributed by atoms with Gasteiger partial charge >= 0.3 is 0 Å². The second kappa shape index (κ2) is 17.1. The molecule has 0 saturated carbocycles. The maximum Gasteiger partial charge on any atom is 0.114 e. The molecule has 0 aromatic heterocycles. The number of unbranched alkanes of at least 4 members (excludes halogenated alkanes) is 9. The molecule has 1 heteroatoms. The third-order valence-corrected chi connectivity index (χ3v) is 3.48. The molecule has 0 aliphatic heterocycles. The zero-order valence-corrected chi connectivity index (χ0v) is 14.2. The second-order valence-corrected chi connectivity index (χ2v) is 5.70. The van der Waals surface area contributed by atoms with Crippen LogP contribution >= 0.6 is 0 Å². The molecule has 0 aliphatic rings. The first-order valence-corrected chi connectivity index (χ1v) is 8.93. The van der Waals surface area contributed by atoms with Crippen LogP contribution in [0.1, 0.15) is 97.3 Å². The SMILES string of the molecule is CCCCC#CCCCCCCCC#CC(O)CCCC. The van der Waals surface area contributed by atoms with Crippen LogP contribution in [0, 0.1) is 23.7 Å². The highest BCUT2D eigenvalue weighted by Crippen LogP contribution is 2.06. The molecule has 1 atom stereocenters. The Balaban J connectivity index is 3.28. The molecule has 0 aromatic carbocycles. The van der Waals surface area contributed by atoms with Gasteiger partial charge in [-0.1, -0.05) is 58.3 Å². The predicted molar refractivity (Wildman–Crippen MR) is 92.9 cm³/mol. The maximum absolute atomic E-state index is 9.57. The van der Waals surface area contributed by atoms with Gasteiger partial charge < -0.3 is 5.11 Å². The van der Waals surface area contributed by atoms with E-state index in [0.717, 1.165) is 44.9 Å². The van der Waals surface area contributed by atoms with Crippen molar-refractivity contribution in [2.24, 2.45) is 0 Å². The number of aliphatic hydroxyl groups is 1. The smallest absolute Gasteiger partial charge is 0.114 e. The highest BCUT2D eigenvalue weighted by molar-refractivity contribution is 5.04. The summed E-state index contributed by atoms with van der Waals surface area (Å²) < 4.78 is 0. The minimum absolute atomic E-state index is 0.406. The van der Waals surface area contributed by atoms with Crippen LogP contribution in [0.3, 0.4) is 0 Å². The number of rotatable bonds is 11. The fourth-order valence-electron chi connectivity index (χ4n) is 2.06. The lowest BCUT2D eigenvalue weighted by atomic mass is 10.1. The van der Waals surface area contributed by atoms with Crippen molar-refractivity contribution >= 4 is 0 Å². The molecule has 0 amide bonds. The van der Waals surface area contributed by atoms with Gasteiger partial charge in [-0.2, -0.15) is 0 Å². The highest BCUT2D eigenvalue weighted by atomic mass is 16.3. The van der Waals surface area contributed by atoms with Gasteiger partial charge in [0.1, 0.15) is 6.10 Å². The largest absolute Gasteiger partial charge is 0.380 e. The monoisotopic (exact) mass is 290 g/mol. The van der Waals surface area contributed by atoms with Crippen molar-refractivity contribution in [3.63, 3.8) is 0 Å². The molecule has 0 aliphatic carbocycles. The maximum atomic E-state index is 9.57. The number of aliphatic hydroxyl groups excluding tert-OH is 1. The molecule has 0 radical (unpaired) electrons. The summed E-state index contributed by atoms with van der Waals surface area (Å²) >= 11 is 0. The average Bonchev–Trinajstić information content (AvgIpc) is 2.49. The fourth-order valence-corrected chi connectivity index (χ4v) is 2.06. The van der Waals surface area contributed by atoms with Gasteiger partial charge in [0.25, 0.3) is 0 Å². The molecule has 120 valence electrons. The van der Waals surface area contributed by atoms with Crippen LogP contribution in [0.5, 0.6) is 0 Å². The van der Waals surface area contributed by atoms with Crippen molar-refractivity contribution in [1.29, 1.82) is 0 Å². The fraction of sp³-hybridized carbons (Fsp3) is 0.800. The van der Waals surface area contributed by atoms with E-state index < -0.39 is 6.10 Å². The van der Waals surface area contributed by atoms with E-state index in [0.29, 0.717) is 0 Å². The zero-order valence-electron chi connectivity index (χ0n) is 14.2. The van der Waals surface area contributed by atoms with Gasteiger partial charge in [0, 0.05) is 19.3 Å². The van der Waals surface area contributed by atoms with Gasteiger partial charge in [0.15, 0.2) is 0 Å². The first kappa shape index (κ1) is 20.1. The van der Waals surface area contributed by atoms with Crippen LogP contribution < -0.4 is 0 Å². The predicted octanol–water partition coefficient (Wildman–Crippen LogP) is 5.47. The quantitative estimate of drug-likeness (QED) is 0.395. The molecule has 1 N–H and O–H groups in total. The second-order valence-electron chi connectivity index (χ2n) is 5.70. The minimum atomic E-state index is -0.406. The Hall–Kier alpha value is -0.920. The van der Waals surface area contributed by atoms with E-state index >= 15 is 0 Å². The van der Waals surface area contributed by atoms with Gasteiger partial charge in [-0.3, -0.25) is 0 Å². The summed E-state index contributed by atoms with van der Waals surface area (Å²) in [7, 11) is 0. The molecule has 0 fully saturated rings. The van der Waals surface area contributed by atoms with E-state index in [2.05, 4.69) is 37.5 Å². The zero-order chi connectivity index (χ0) is 15.6. The Morgan fingerprint density at radius 2 is 1.19 bits per heavy atom. The Morgan fingerprint density at radius 3 is 1.81 bits per heavy atom. The third kappa shape index (κ3) is 17.0. The molecule has 1 nitrogen and oxygen atoms in total. The van der Waals surface area contributed by atoms with Gasteiger partial charge in [-0.15, -0.1) is 17.8 Å². The van der Waals surface area contributed by atoms with Crippen LogP contribution in [0.15, 0.2) is 0 Å². The van der Waals surface area contributed by atoms with E-state index in [-0.39, 0.29) is 0 Å². The normalized spacial score (nSPS) is 11.2. The molecule has 0 heterocycles. The lowest BCUT2D eigenvalue weighted by molar-refractivity contribution is 0.218.